The molecule has 0 radical (unpaired) electrons. The van der Waals surface area contributed by atoms with Crippen molar-refractivity contribution in [2.75, 3.05) is 25.5 Å². The standard InChI is InChI=1S/C30H41Cl2FN2O/c1-21(13-16-31)20-35-22(2)25(11-12-29(35)36)26(27-10-9-24(33)19-28(27)32)8-6-7-23-14-17-34(18-15-23)30(3,4)5/h8-10,13,19,23H,6-7,11-12,14-18,20H2,1-5H3/b21-13-,26-8+. The Morgan fingerprint density at radius 2 is 1.86 bits per heavy atom. The van der Waals surface area contributed by atoms with Gasteiger partial charge < -0.3 is 4.90 Å². The molecule has 2 aliphatic heterocycles. The molecule has 2 heterocycles. The zero-order valence-electron chi connectivity index (χ0n) is 22.5. The summed E-state index contributed by atoms with van der Waals surface area (Å²) in [4.78, 5) is 17.2. The summed E-state index contributed by atoms with van der Waals surface area (Å²) in [6.45, 7) is 13.7. The lowest BCUT2D eigenvalue weighted by atomic mass is 9.86. The number of hydrogen-bond donors (Lipinski definition) is 0. The molecule has 1 aromatic rings. The first-order valence-corrected chi connectivity index (χ1v) is 14.0. The molecule has 0 saturated carbocycles. The maximum atomic E-state index is 13.9. The second-order valence-electron chi connectivity index (χ2n) is 11.2. The molecule has 0 aromatic heterocycles. The summed E-state index contributed by atoms with van der Waals surface area (Å²) in [5, 5.41) is 0.404. The molecule has 198 valence electrons. The van der Waals surface area contributed by atoms with E-state index in [0.717, 1.165) is 53.9 Å². The predicted octanol–water partition coefficient (Wildman–Crippen LogP) is 8.23. The Labute approximate surface area is 227 Å². The van der Waals surface area contributed by atoms with Crippen LogP contribution in [0.1, 0.15) is 78.7 Å². The van der Waals surface area contributed by atoms with E-state index in [1.54, 1.807) is 6.07 Å². The Morgan fingerprint density at radius 1 is 1.17 bits per heavy atom. The normalized spacial score (nSPS) is 19.4. The van der Waals surface area contributed by atoms with Crippen molar-refractivity contribution < 1.29 is 9.18 Å². The third kappa shape index (κ3) is 7.46. The van der Waals surface area contributed by atoms with Gasteiger partial charge in [0.25, 0.3) is 0 Å². The Balaban J connectivity index is 1.86. The van der Waals surface area contributed by atoms with Gasteiger partial charge >= 0.3 is 0 Å². The van der Waals surface area contributed by atoms with Crippen molar-refractivity contribution in [3.63, 3.8) is 0 Å². The average Bonchev–Trinajstić information content (AvgIpc) is 2.80. The quantitative estimate of drug-likeness (QED) is 0.247. The maximum Gasteiger partial charge on any atom is 0.227 e. The van der Waals surface area contributed by atoms with Crippen molar-refractivity contribution in [1.82, 2.24) is 9.80 Å². The van der Waals surface area contributed by atoms with Crippen LogP contribution in [0.15, 0.2) is 47.2 Å². The van der Waals surface area contributed by atoms with Crippen LogP contribution in [0.4, 0.5) is 4.39 Å². The number of piperidine rings is 1. The van der Waals surface area contributed by atoms with Crippen molar-refractivity contribution in [2.24, 2.45) is 5.92 Å². The monoisotopic (exact) mass is 534 g/mol. The topological polar surface area (TPSA) is 23.6 Å². The molecule has 1 fully saturated rings. The van der Waals surface area contributed by atoms with Crippen LogP contribution in [-0.4, -0.2) is 46.8 Å². The van der Waals surface area contributed by atoms with E-state index in [9.17, 15) is 9.18 Å². The summed E-state index contributed by atoms with van der Waals surface area (Å²) in [6, 6.07) is 4.61. The van der Waals surface area contributed by atoms with Crippen molar-refractivity contribution >= 4 is 34.7 Å². The molecule has 0 bridgehead atoms. The Bertz CT molecular complexity index is 1030. The molecule has 0 atom stereocenters. The maximum absolute atomic E-state index is 13.9. The molecular formula is C30H41Cl2FN2O. The van der Waals surface area contributed by atoms with Gasteiger partial charge in [0.2, 0.25) is 5.91 Å². The number of alkyl halides is 1. The molecule has 36 heavy (non-hydrogen) atoms. The fraction of sp³-hybridized carbons (Fsp3) is 0.567. The number of halogens is 3. The summed E-state index contributed by atoms with van der Waals surface area (Å²) in [6.07, 6.45) is 9.79. The van der Waals surface area contributed by atoms with E-state index in [1.165, 1.54) is 25.0 Å². The number of likely N-dealkylation sites (tertiary alicyclic amines) is 1. The molecule has 0 unspecified atom stereocenters. The zero-order chi connectivity index (χ0) is 26.5. The fourth-order valence-corrected chi connectivity index (χ4v) is 5.87. The van der Waals surface area contributed by atoms with Crippen molar-refractivity contribution in [1.29, 1.82) is 0 Å². The number of allylic oxidation sites excluding steroid dienone is 5. The molecule has 1 saturated heterocycles. The SMILES string of the molecule is CC1=C(/C(=C\CCC2CCN(C(C)(C)C)CC2)c2ccc(F)cc2Cl)CCC(=O)N1C/C(C)=C\CCl. The Morgan fingerprint density at radius 3 is 2.47 bits per heavy atom. The van der Waals surface area contributed by atoms with Crippen LogP contribution in [0.2, 0.25) is 5.02 Å². The summed E-state index contributed by atoms with van der Waals surface area (Å²) in [5.74, 6) is 0.900. The van der Waals surface area contributed by atoms with Crippen molar-refractivity contribution in [2.45, 2.75) is 78.7 Å². The van der Waals surface area contributed by atoms with E-state index in [2.05, 4.69) is 31.7 Å². The van der Waals surface area contributed by atoms with E-state index in [0.29, 0.717) is 36.2 Å². The molecule has 3 nitrogen and oxygen atoms in total. The molecular weight excluding hydrogens is 494 g/mol. The first kappa shape index (κ1) is 28.9. The molecule has 1 amide bonds. The highest BCUT2D eigenvalue weighted by Crippen LogP contribution is 2.38. The van der Waals surface area contributed by atoms with Crippen LogP contribution >= 0.6 is 23.2 Å². The first-order valence-electron chi connectivity index (χ1n) is 13.1. The van der Waals surface area contributed by atoms with E-state index in [4.69, 9.17) is 23.2 Å². The van der Waals surface area contributed by atoms with Crippen LogP contribution in [-0.2, 0) is 4.79 Å². The molecule has 0 aliphatic carbocycles. The number of rotatable bonds is 8. The van der Waals surface area contributed by atoms with E-state index >= 15 is 0 Å². The first-order chi connectivity index (χ1) is 17.0. The third-order valence-electron chi connectivity index (χ3n) is 7.60. The van der Waals surface area contributed by atoms with Crippen LogP contribution in [0.25, 0.3) is 5.57 Å². The summed E-state index contributed by atoms with van der Waals surface area (Å²) >= 11 is 12.4. The molecule has 0 spiro atoms. The molecule has 2 aliphatic rings. The van der Waals surface area contributed by atoms with Gasteiger partial charge in [-0.1, -0.05) is 29.3 Å². The third-order valence-corrected chi connectivity index (χ3v) is 8.06. The summed E-state index contributed by atoms with van der Waals surface area (Å²) in [5.41, 5.74) is 5.20. The average molecular weight is 536 g/mol. The van der Waals surface area contributed by atoms with Crippen molar-refractivity contribution in [3.8, 4) is 0 Å². The zero-order valence-corrected chi connectivity index (χ0v) is 24.0. The van der Waals surface area contributed by atoms with Gasteiger partial charge in [-0.3, -0.25) is 9.69 Å². The number of hydrogen-bond acceptors (Lipinski definition) is 2. The largest absolute Gasteiger partial charge is 0.312 e. The van der Waals surface area contributed by atoms with Crippen molar-refractivity contribution in [3.05, 3.63) is 63.6 Å². The molecule has 6 heteroatoms. The summed E-state index contributed by atoms with van der Waals surface area (Å²) in [7, 11) is 0. The van der Waals surface area contributed by atoms with Crippen LogP contribution < -0.4 is 0 Å². The number of carbonyl (C=O) groups excluding carboxylic acids is 1. The minimum atomic E-state index is -0.346. The highest BCUT2D eigenvalue weighted by atomic mass is 35.5. The van der Waals surface area contributed by atoms with Gasteiger partial charge in [0, 0.05) is 35.6 Å². The number of carbonyl (C=O) groups is 1. The predicted molar refractivity (Wildman–Crippen MR) is 151 cm³/mol. The number of nitrogens with zero attached hydrogens (tertiary/aromatic N) is 2. The Hall–Kier alpha value is -1.62. The van der Waals surface area contributed by atoms with Gasteiger partial charge in [0.15, 0.2) is 0 Å². The van der Waals surface area contributed by atoms with Gasteiger partial charge in [-0.25, -0.2) is 4.39 Å². The minimum absolute atomic E-state index is 0.119. The lowest BCUT2D eigenvalue weighted by molar-refractivity contribution is -0.129. The van der Waals surface area contributed by atoms with Gasteiger partial charge in [-0.05, 0) is 115 Å². The smallest absolute Gasteiger partial charge is 0.227 e. The highest BCUT2D eigenvalue weighted by molar-refractivity contribution is 6.32. The van der Waals surface area contributed by atoms with Gasteiger partial charge in [-0.2, -0.15) is 0 Å². The minimum Gasteiger partial charge on any atom is -0.312 e. The fourth-order valence-electron chi connectivity index (χ4n) is 5.34. The number of benzene rings is 1. The van der Waals surface area contributed by atoms with Gasteiger partial charge in [0.05, 0.1) is 5.02 Å². The van der Waals surface area contributed by atoms with Gasteiger partial charge in [0.1, 0.15) is 5.82 Å². The molecule has 1 aromatic carbocycles. The highest BCUT2D eigenvalue weighted by Gasteiger charge is 2.28. The molecule has 0 N–H and O–H groups in total. The van der Waals surface area contributed by atoms with Crippen LogP contribution in [0.5, 0.6) is 0 Å². The van der Waals surface area contributed by atoms with E-state index in [-0.39, 0.29) is 17.3 Å². The second kappa shape index (κ2) is 12.8. The lowest BCUT2D eigenvalue weighted by Gasteiger charge is -2.41. The van der Waals surface area contributed by atoms with E-state index < -0.39 is 0 Å². The van der Waals surface area contributed by atoms with Gasteiger partial charge in [-0.15, -0.1) is 11.6 Å². The number of amides is 1. The van der Waals surface area contributed by atoms with Crippen LogP contribution in [0, 0.1) is 11.7 Å². The van der Waals surface area contributed by atoms with E-state index in [1.807, 2.05) is 24.8 Å². The summed E-state index contributed by atoms with van der Waals surface area (Å²) < 4.78 is 13.9. The lowest BCUT2D eigenvalue weighted by Crippen LogP contribution is -2.46. The molecule has 3 rings (SSSR count). The van der Waals surface area contributed by atoms with Crippen LogP contribution in [0.3, 0.4) is 0 Å². The second-order valence-corrected chi connectivity index (χ2v) is 11.9. The Kier molecular flexibility index (Phi) is 10.3.